The van der Waals surface area contributed by atoms with Gasteiger partial charge in [0.1, 0.15) is 0 Å². The van der Waals surface area contributed by atoms with E-state index >= 15 is 0 Å². The van der Waals surface area contributed by atoms with Gasteiger partial charge in [0, 0.05) is 37.5 Å². The first kappa shape index (κ1) is 14.8. The van der Waals surface area contributed by atoms with Crippen LogP contribution < -0.4 is 5.32 Å². The molecule has 100 valence electrons. The third-order valence-electron chi connectivity index (χ3n) is 3.41. The Morgan fingerprint density at radius 2 is 2.00 bits per heavy atom. The number of hydrogen-bond donors (Lipinski definition) is 1. The van der Waals surface area contributed by atoms with Gasteiger partial charge in [-0.1, -0.05) is 0 Å². The summed E-state index contributed by atoms with van der Waals surface area (Å²) in [6.45, 7) is 6.66. The average Bonchev–Trinajstić information content (AvgIpc) is 2.30. The lowest BCUT2D eigenvalue weighted by Crippen LogP contribution is -2.46. The number of carbonyl (C=O) groups is 1. The van der Waals surface area contributed by atoms with E-state index in [-0.39, 0.29) is 5.91 Å². The minimum absolute atomic E-state index is 0.193. The molecule has 1 aliphatic rings. The van der Waals surface area contributed by atoms with E-state index in [1.165, 1.54) is 0 Å². The van der Waals surface area contributed by atoms with Crippen LogP contribution in [0.5, 0.6) is 0 Å². The largest absolute Gasteiger partial charge is 0.353 e. The molecule has 17 heavy (non-hydrogen) atoms. The van der Waals surface area contributed by atoms with E-state index < -0.39 is 0 Å². The highest BCUT2D eigenvalue weighted by atomic mass is 35.5. The van der Waals surface area contributed by atoms with E-state index in [4.69, 9.17) is 11.6 Å². The first-order valence-electron chi connectivity index (χ1n) is 6.73. The molecule has 1 aliphatic heterocycles. The van der Waals surface area contributed by atoms with Crippen LogP contribution in [-0.4, -0.2) is 41.9 Å². The first-order chi connectivity index (χ1) is 8.13. The number of piperidine rings is 1. The second-order valence-corrected chi connectivity index (χ2v) is 5.50. The molecular weight excluding hydrogens is 236 g/mol. The van der Waals surface area contributed by atoms with Crippen molar-refractivity contribution in [3.8, 4) is 0 Å². The standard InChI is InChI=1S/C13H25ClN2O/c1-11(2)16-9-6-12(7-10-16)15-13(17)5-3-4-8-14/h11-12H,3-10H2,1-2H3,(H,15,17). The van der Waals surface area contributed by atoms with Gasteiger partial charge in [0.15, 0.2) is 0 Å². The lowest BCUT2D eigenvalue weighted by atomic mass is 10.0. The molecule has 1 rings (SSSR count). The molecule has 0 unspecified atom stereocenters. The number of alkyl halides is 1. The van der Waals surface area contributed by atoms with Gasteiger partial charge >= 0.3 is 0 Å². The Morgan fingerprint density at radius 1 is 1.35 bits per heavy atom. The Morgan fingerprint density at radius 3 is 2.53 bits per heavy atom. The molecule has 0 radical (unpaired) electrons. The maximum Gasteiger partial charge on any atom is 0.220 e. The van der Waals surface area contributed by atoms with Gasteiger partial charge in [-0.15, -0.1) is 11.6 Å². The molecule has 0 aromatic heterocycles. The molecule has 1 saturated heterocycles. The molecule has 0 atom stereocenters. The number of likely N-dealkylation sites (tertiary alicyclic amines) is 1. The Balaban J connectivity index is 2.15. The Kier molecular flexibility index (Phi) is 6.90. The van der Waals surface area contributed by atoms with Crippen LogP contribution in [0.1, 0.15) is 46.0 Å². The van der Waals surface area contributed by atoms with Crippen LogP contribution in [0.4, 0.5) is 0 Å². The van der Waals surface area contributed by atoms with Gasteiger partial charge in [-0.3, -0.25) is 4.79 Å². The average molecular weight is 261 g/mol. The van der Waals surface area contributed by atoms with Crippen molar-refractivity contribution in [1.82, 2.24) is 10.2 Å². The predicted octanol–water partition coefficient (Wildman–Crippen LogP) is 2.38. The number of nitrogens with zero attached hydrogens (tertiary/aromatic N) is 1. The minimum atomic E-state index is 0.193. The molecular formula is C13H25ClN2O. The summed E-state index contributed by atoms with van der Waals surface area (Å²) in [4.78, 5) is 14.1. The molecule has 1 amide bonds. The van der Waals surface area contributed by atoms with Gasteiger partial charge in [-0.2, -0.15) is 0 Å². The Labute approximate surface area is 110 Å². The highest BCUT2D eigenvalue weighted by molar-refractivity contribution is 6.17. The van der Waals surface area contributed by atoms with Crippen molar-refractivity contribution in [3.63, 3.8) is 0 Å². The van der Waals surface area contributed by atoms with Gasteiger partial charge in [0.05, 0.1) is 0 Å². The number of nitrogens with one attached hydrogen (secondary N) is 1. The predicted molar refractivity (Wildman–Crippen MR) is 72.4 cm³/mol. The van der Waals surface area contributed by atoms with Crippen LogP contribution in [0.2, 0.25) is 0 Å². The van der Waals surface area contributed by atoms with E-state index in [9.17, 15) is 4.79 Å². The third kappa shape index (κ3) is 5.73. The summed E-state index contributed by atoms with van der Waals surface area (Å²) in [7, 11) is 0. The van der Waals surface area contributed by atoms with Gasteiger partial charge in [0.2, 0.25) is 5.91 Å². The number of hydrogen-bond acceptors (Lipinski definition) is 2. The molecule has 0 aromatic rings. The minimum Gasteiger partial charge on any atom is -0.353 e. The van der Waals surface area contributed by atoms with E-state index in [0.29, 0.717) is 24.4 Å². The number of halogens is 1. The summed E-state index contributed by atoms with van der Waals surface area (Å²) in [6.07, 6.45) is 4.62. The lowest BCUT2D eigenvalue weighted by molar-refractivity contribution is -0.122. The summed E-state index contributed by atoms with van der Waals surface area (Å²) in [6, 6.07) is 1.00. The zero-order chi connectivity index (χ0) is 12.7. The molecule has 3 nitrogen and oxygen atoms in total. The highest BCUT2D eigenvalue weighted by Gasteiger charge is 2.21. The lowest BCUT2D eigenvalue weighted by Gasteiger charge is -2.34. The van der Waals surface area contributed by atoms with Crippen LogP contribution in [0.3, 0.4) is 0 Å². The maximum absolute atomic E-state index is 11.6. The molecule has 0 aromatic carbocycles. The smallest absolute Gasteiger partial charge is 0.220 e. The molecule has 0 aliphatic carbocycles. The van der Waals surface area contributed by atoms with Gasteiger partial charge in [0.25, 0.3) is 0 Å². The summed E-state index contributed by atoms with van der Waals surface area (Å²) in [5.41, 5.74) is 0. The van der Waals surface area contributed by atoms with Crippen molar-refractivity contribution in [2.45, 2.75) is 58.0 Å². The van der Waals surface area contributed by atoms with E-state index in [2.05, 4.69) is 24.1 Å². The Bertz CT molecular complexity index is 225. The molecule has 0 bridgehead atoms. The first-order valence-corrected chi connectivity index (χ1v) is 7.26. The quantitative estimate of drug-likeness (QED) is 0.588. The van der Waals surface area contributed by atoms with Gasteiger partial charge in [-0.25, -0.2) is 0 Å². The summed E-state index contributed by atoms with van der Waals surface area (Å²) in [5.74, 6) is 0.846. The number of amides is 1. The van der Waals surface area contributed by atoms with Crippen LogP contribution >= 0.6 is 11.6 Å². The number of rotatable bonds is 6. The number of carbonyl (C=O) groups excluding carboxylic acids is 1. The fourth-order valence-corrected chi connectivity index (χ4v) is 2.43. The molecule has 1 heterocycles. The Hall–Kier alpha value is -0.280. The summed E-state index contributed by atoms with van der Waals surface area (Å²) >= 11 is 5.59. The SMILES string of the molecule is CC(C)N1CCC(NC(=O)CCCCCl)CC1. The topological polar surface area (TPSA) is 32.3 Å². The molecule has 4 heteroatoms. The summed E-state index contributed by atoms with van der Waals surface area (Å²) < 4.78 is 0. The van der Waals surface area contributed by atoms with Crippen LogP contribution in [-0.2, 0) is 4.79 Å². The van der Waals surface area contributed by atoms with Crippen molar-refractivity contribution >= 4 is 17.5 Å². The third-order valence-corrected chi connectivity index (χ3v) is 3.68. The van der Waals surface area contributed by atoms with Crippen molar-refractivity contribution in [3.05, 3.63) is 0 Å². The van der Waals surface area contributed by atoms with Crippen molar-refractivity contribution in [1.29, 1.82) is 0 Å². The van der Waals surface area contributed by atoms with Crippen molar-refractivity contribution in [2.24, 2.45) is 0 Å². The van der Waals surface area contributed by atoms with Crippen LogP contribution in [0.15, 0.2) is 0 Å². The highest BCUT2D eigenvalue weighted by Crippen LogP contribution is 2.13. The number of unbranched alkanes of at least 4 members (excludes halogenated alkanes) is 1. The van der Waals surface area contributed by atoms with Crippen LogP contribution in [0.25, 0.3) is 0 Å². The fourth-order valence-electron chi connectivity index (χ4n) is 2.24. The molecule has 1 fully saturated rings. The van der Waals surface area contributed by atoms with E-state index in [1.807, 2.05) is 0 Å². The van der Waals surface area contributed by atoms with Crippen molar-refractivity contribution in [2.75, 3.05) is 19.0 Å². The van der Waals surface area contributed by atoms with E-state index in [1.54, 1.807) is 0 Å². The van der Waals surface area contributed by atoms with Crippen molar-refractivity contribution < 1.29 is 4.79 Å². The maximum atomic E-state index is 11.6. The molecule has 0 saturated carbocycles. The molecule has 0 spiro atoms. The fraction of sp³-hybridized carbons (Fsp3) is 0.923. The van der Waals surface area contributed by atoms with Gasteiger partial charge < -0.3 is 10.2 Å². The normalized spacial score (nSPS) is 18.6. The second-order valence-electron chi connectivity index (χ2n) is 5.12. The zero-order valence-corrected chi connectivity index (χ0v) is 11.8. The monoisotopic (exact) mass is 260 g/mol. The molecule has 1 N–H and O–H groups in total. The van der Waals surface area contributed by atoms with Crippen LogP contribution in [0, 0.1) is 0 Å². The second kappa shape index (κ2) is 7.93. The summed E-state index contributed by atoms with van der Waals surface area (Å²) in [5, 5.41) is 3.13. The van der Waals surface area contributed by atoms with Gasteiger partial charge in [-0.05, 0) is 39.5 Å². The van der Waals surface area contributed by atoms with E-state index in [0.717, 1.165) is 38.8 Å². The zero-order valence-electron chi connectivity index (χ0n) is 11.0.